The maximum Gasteiger partial charge on any atom is 0.326 e. The molecule has 11 heteroatoms. The van der Waals surface area contributed by atoms with Crippen molar-refractivity contribution in [2.24, 2.45) is 23.3 Å². The van der Waals surface area contributed by atoms with Crippen LogP contribution in [0.15, 0.2) is 0 Å². The number of carboxylic acids is 1. The molecule has 4 amide bonds. The molecule has 0 radical (unpaired) electrons. The lowest BCUT2D eigenvalue weighted by atomic mass is 10.0. The number of rotatable bonds is 12. The van der Waals surface area contributed by atoms with E-state index in [1.165, 1.54) is 4.90 Å². The monoisotopic (exact) mass is 455 g/mol. The third kappa shape index (κ3) is 8.10. The van der Waals surface area contributed by atoms with Crippen LogP contribution in [-0.2, 0) is 24.0 Å². The minimum Gasteiger partial charge on any atom is -0.480 e. The lowest BCUT2D eigenvalue weighted by Gasteiger charge is -2.29. The van der Waals surface area contributed by atoms with Crippen LogP contribution in [-0.4, -0.2) is 70.3 Å². The van der Waals surface area contributed by atoms with Gasteiger partial charge in [0.1, 0.15) is 18.1 Å². The largest absolute Gasteiger partial charge is 0.480 e. The van der Waals surface area contributed by atoms with Gasteiger partial charge in [0.15, 0.2) is 0 Å². The van der Waals surface area contributed by atoms with E-state index in [1.54, 1.807) is 13.8 Å². The summed E-state index contributed by atoms with van der Waals surface area (Å²) in [4.78, 5) is 62.5. The highest BCUT2D eigenvalue weighted by Crippen LogP contribution is 2.20. The molecule has 4 unspecified atom stereocenters. The Morgan fingerprint density at radius 1 is 1.09 bits per heavy atom. The summed E-state index contributed by atoms with van der Waals surface area (Å²) < 4.78 is 0. The third-order valence-electron chi connectivity index (χ3n) is 5.42. The second-order valence-corrected chi connectivity index (χ2v) is 9.06. The van der Waals surface area contributed by atoms with E-state index in [0.29, 0.717) is 25.8 Å². The molecule has 1 heterocycles. The van der Waals surface area contributed by atoms with Gasteiger partial charge in [0.05, 0.1) is 6.04 Å². The Labute approximate surface area is 188 Å². The molecule has 7 N–H and O–H groups in total. The predicted octanol–water partition coefficient (Wildman–Crippen LogP) is -0.673. The Bertz CT molecular complexity index is 711. The lowest BCUT2D eigenvalue weighted by molar-refractivity contribution is -0.144. The summed E-state index contributed by atoms with van der Waals surface area (Å²) in [7, 11) is 0. The molecule has 1 rings (SSSR count). The molecule has 1 saturated heterocycles. The highest BCUT2D eigenvalue weighted by Gasteiger charge is 2.38. The SMILES string of the molecule is CC(C)CC(N)C(=O)N1CCCC1C(=O)NC(CCC(N)=O)C(=O)NC(C(=O)O)C(C)C. The molecule has 1 fully saturated rings. The maximum absolute atomic E-state index is 13.0. The summed E-state index contributed by atoms with van der Waals surface area (Å²) >= 11 is 0. The lowest BCUT2D eigenvalue weighted by Crippen LogP contribution is -2.57. The van der Waals surface area contributed by atoms with Gasteiger partial charge < -0.3 is 32.1 Å². The standard InChI is InChI=1S/C21H37N5O6/c1-11(2)10-13(22)20(30)26-9-5-6-15(26)19(29)24-14(7-8-16(23)27)18(28)25-17(12(3)4)21(31)32/h11-15,17H,5-10,22H2,1-4H3,(H2,23,27)(H,24,29)(H,25,28)(H,31,32). The van der Waals surface area contributed by atoms with Gasteiger partial charge >= 0.3 is 5.97 Å². The number of carbonyl (C=O) groups excluding carboxylic acids is 4. The van der Waals surface area contributed by atoms with Crippen LogP contribution in [0.4, 0.5) is 0 Å². The van der Waals surface area contributed by atoms with Crippen molar-refractivity contribution in [2.75, 3.05) is 6.54 Å². The molecule has 32 heavy (non-hydrogen) atoms. The number of primary amides is 1. The Kier molecular flexibility index (Phi) is 10.6. The average Bonchev–Trinajstić information content (AvgIpc) is 3.16. The molecule has 0 saturated carbocycles. The van der Waals surface area contributed by atoms with E-state index < -0.39 is 53.8 Å². The molecule has 0 aromatic rings. The van der Waals surface area contributed by atoms with Crippen molar-refractivity contribution in [3.63, 3.8) is 0 Å². The van der Waals surface area contributed by atoms with Gasteiger partial charge in [-0.25, -0.2) is 4.79 Å². The van der Waals surface area contributed by atoms with E-state index in [2.05, 4.69) is 10.6 Å². The van der Waals surface area contributed by atoms with Crippen molar-refractivity contribution in [1.82, 2.24) is 15.5 Å². The Hall–Kier alpha value is -2.69. The van der Waals surface area contributed by atoms with Crippen molar-refractivity contribution in [3.8, 4) is 0 Å². The fourth-order valence-electron chi connectivity index (χ4n) is 3.72. The molecule has 0 aromatic heterocycles. The number of carboxylic acid groups (broad SMARTS) is 1. The van der Waals surface area contributed by atoms with Gasteiger partial charge in [-0.15, -0.1) is 0 Å². The molecule has 1 aliphatic heterocycles. The van der Waals surface area contributed by atoms with Crippen LogP contribution >= 0.6 is 0 Å². The molecule has 0 aliphatic carbocycles. The van der Waals surface area contributed by atoms with Crippen LogP contribution in [0.5, 0.6) is 0 Å². The van der Waals surface area contributed by atoms with E-state index in [0.717, 1.165) is 0 Å². The molecule has 182 valence electrons. The van der Waals surface area contributed by atoms with Crippen LogP contribution in [0.1, 0.15) is 59.8 Å². The highest BCUT2D eigenvalue weighted by molar-refractivity contribution is 5.94. The fraction of sp³-hybridized carbons (Fsp3) is 0.762. The molecule has 0 bridgehead atoms. The minimum absolute atomic E-state index is 0.0924. The molecule has 4 atom stereocenters. The summed E-state index contributed by atoms with van der Waals surface area (Å²) in [6.45, 7) is 7.56. The van der Waals surface area contributed by atoms with Gasteiger partial charge in [-0.3, -0.25) is 19.2 Å². The first-order valence-corrected chi connectivity index (χ1v) is 11.0. The third-order valence-corrected chi connectivity index (χ3v) is 5.42. The number of aliphatic carboxylic acids is 1. The average molecular weight is 456 g/mol. The highest BCUT2D eigenvalue weighted by atomic mass is 16.4. The van der Waals surface area contributed by atoms with Gasteiger partial charge in [0, 0.05) is 13.0 Å². The number of amides is 4. The second kappa shape index (κ2) is 12.4. The zero-order valence-corrected chi connectivity index (χ0v) is 19.3. The predicted molar refractivity (Wildman–Crippen MR) is 117 cm³/mol. The number of nitrogens with one attached hydrogen (secondary N) is 2. The normalized spacial score (nSPS) is 18.8. The zero-order chi connectivity index (χ0) is 24.6. The van der Waals surface area contributed by atoms with Crippen LogP contribution < -0.4 is 22.1 Å². The van der Waals surface area contributed by atoms with E-state index in [9.17, 15) is 29.1 Å². The molecular formula is C21H37N5O6. The fourth-order valence-corrected chi connectivity index (χ4v) is 3.72. The first kappa shape index (κ1) is 27.3. The van der Waals surface area contributed by atoms with Crippen molar-refractivity contribution < 1.29 is 29.1 Å². The van der Waals surface area contributed by atoms with Gasteiger partial charge in [-0.2, -0.15) is 0 Å². The van der Waals surface area contributed by atoms with Gasteiger partial charge in [-0.05, 0) is 37.5 Å². The summed E-state index contributed by atoms with van der Waals surface area (Å²) in [5, 5.41) is 14.3. The Morgan fingerprint density at radius 3 is 2.22 bits per heavy atom. The first-order chi connectivity index (χ1) is 14.8. The summed E-state index contributed by atoms with van der Waals surface area (Å²) in [5.74, 6) is -3.64. The summed E-state index contributed by atoms with van der Waals surface area (Å²) in [6.07, 6.45) is 1.25. The topological polar surface area (TPSA) is 185 Å². The van der Waals surface area contributed by atoms with Crippen LogP contribution in [0.2, 0.25) is 0 Å². The number of nitrogens with two attached hydrogens (primary N) is 2. The van der Waals surface area contributed by atoms with Crippen LogP contribution in [0.3, 0.4) is 0 Å². The van der Waals surface area contributed by atoms with Crippen LogP contribution in [0.25, 0.3) is 0 Å². The number of carbonyl (C=O) groups is 5. The van der Waals surface area contributed by atoms with Gasteiger partial charge in [0.2, 0.25) is 23.6 Å². The van der Waals surface area contributed by atoms with Crippen LogP contribution in [0, 0.1) is 11.8 Å². The number of likely N-dealkylation sites (tertiary alicyclic amines) is 1. The molecule has 1 aliphatic rings. The van der Waals surface area contributed by atoms with E-state index in [1.807, 2.05) is 13.8 Å². The van der Waals surface area contributed by atoms with Crippen molar-refractivity contribution >= 4 is 29.6 Å². The maximum atomic E-state index is 13.0. The Morgan fingerprint density at radius 2 is 1.72 bits per heavy atom. The van der Waals surface area contributed by atoms with Crippen molar-refractivity contribution in [3.05, 3.63) is 0 Å². The second-order valence-electron chi connectivity index (χ2n) is 9.06. The van der Waals surface area contributed by atoms with Crippen molar-refractivity contribution in [1.29, 1.82) is 0 Å². The first-order valence-electron chi connectivity index (χ1n) is 11.0. The van der Waals surface area contributed by atoms with Gasteiger partial charge in [0.25, 0.3) is 0 Å². The Balaban J connectivity index is 2.94. The molecule has 11 nitrogen and oxygen atoms in total. The van der Waals surface area contributed by atoms with Crippen molar-refractivity contribution in [2.45, 2.75) is 84.0 Å². The molecular weight excluding hydrogens is 418 g/mol. The number of hydrogen-bond donors (Lipinski definition) is 5. The number of nitrogens with zero attached hydrogens (tertiary/aromatic N) is 1. The quantitative estimate of drug-likeness (QED) is 0.258. The number of hydrogen-bond acceptors (Lipinski definition) is 6. The van der Waals surface area contributed by atoms with E-state index >= 15 is 0 Å². The van der Waals surface area contributed by atoms with E-state index in [4.69, 9.17) is 11.5 Å². The molecule has 0 aromatic carbocycles. The van der Waals surface area contributed by atoms with E-state index in [-0.39, 0.29) is 24.7 Å². The summed E-state index contributed by atoms with van der Waals surface area (Å²) in [6, 6.07) is -3.84. The van der Waals surface area contributed by atoms with Gasteiger partial charge in [-0.1, -0.05) is 27.7 Å². The summed E-state index contributed by atoms with van der Waals surface area (Å²) in [5.41, 5.74) is 11.2. The molecule has 0 spiro atoms. The smallest absolute Gasteiger partial charge is 0.326 e. The minimum atomic E-state index is -1.21. The zero-order valence-electron chi connectivity index (χ0n) is 19.3.